The molecule has 3 aliphatic rings. The number of hydrogen-bond donors (Lipinski definition) is 1. The first kappa shape index (κ1) is 27.1. The highest BCUT2D eigenvalue weighted by Gasteiger charge is 2.71. The molecule has 3 heterocycles. The first-order chi connectivity index (χ1) is 19.5. The van der Waals surface area contributed by atoms with E-state index in [0.29, 0.717) is 27.8 Å². The third-order valence-electron chi connectivity index (χ3n) is 8.56. The zero-order valence-corrected chi connectivity index (χ0v) is 24.3. The first-order valence-corrected chi connectivity index (χ1v) is 13.9. The number of para-hydroxylation sites is 1. The monoisotopic (exact) mass is 570 g/mol. The average molecular weight is 571 g/mol. The molecule has 0 unspecified atom stereocenters. The summed E-state index contributed by atoms with van der Waals surface area (Å²) in [6.07, 6.45) is 3.86. The van der Waals surface area contributed by atoms with Crippen LogP contribution in [0, 0.1) is 11.3 Å². The molecule has 3 aromatic rings. The van der Waals surface area contributed by atoms with Crippen LogP contribution in [0.2, 0.25) is 5.02 Å². The molecule has 41 heavy (non-hydrogen) atoms. The summed E-state index contributed by atoms with van der Waals surface area (Å²) in [5.74, 6) is -1.11. The SMILES string of the molecule is COc1ccc(OC)c(C(=O)[C@@H]2[C@@H](C(=O)C(C)(C)C)N3c4ccc(Cl)cc4C=C[C@@H]3[C@@]23C(=O)Nc2ccccc23)c1. The Morgan fingerprint density at radius 1 is 1.00 bits per heavy atom. The summed E-state index contributed by atoms with van der Waals surface area (Å²) in [5.41, 5.74) is 0.906. The Morgan fingerprint density at radius 2 is 1.76 bits per heavy atom. The van der Waals surface area contributed by atoms with Crippen LogP contribution in [0.1, 0.15) is 42.3 Å². The number of halogens is 1. The van der Waals surface area contributed by atoms with E-state index in [1.807, 2.05) is 74.2 Å². The Hall–Kier alpha value is -4.10. The summed E-state index contributed by atoms with van der Waals surface area (Å²) in [5, 5.41) is 3.59. The number of carbonyl (C=O) groups excluding carboxylic acids is 3. The normalized spacial score (nSPS) is 24.0. The minimum atomic E-state index is -1.40. The molecule has 1 saturated heterocycles. The van der Waals surface area contributed by atoms with Gasteiger partial charge in [0.2, 0.25) is 5.91 Å². The van der Waals surface area contributed by atoms with Crippen LogP contribution < -0.4 is 19.7 Å². The fraction of sp³-hybridized carbons (Fsp3) is 0.303. The molecule has 4 atom stereocenters. The Labute approximate surface area is 244 Å². The summed E-state index contributed by atoms with van der Waals surface area (Å²) in [7, 11) is 3.01. The average Bonchev–Trinajstić information content (AvgIpc) is 3.43. The molecule has 1 spiro atoms. The number of amides is 1. The molecule has 1 N–H and O–H groups in total. The third kappa shape index (κ3) is 3.82. The molecule has 0 saturated carbocycles. The van der Waals surface area contributed by atoms with E-state index in [1.54, 1.807) is 24.3 Å². The number of Topliss-reactive ketones (excluding diaryl/α,β-unsaturated/α-hetero) is 2. The lowest BCUT2D eigenvalue weighted by atomic mass is 9.63. The molecule has 3 aliphatic heterocycles. The van der Waals surface area contributed by atoms with Crippen molar-refractivity contribution in [1.29, 1.82) is 0 Å². The van der Waals surface area contributed by atoms with Crippen LogP contribution in [0.4, 0.5) is 11.4 Å². The molecule has 0 radical (unpaired) electrons. The zero-order chi connectivity index (χ0) is 29.3. The van der Waals surface area contributed by atoms with Crippen LogP contribution in [0.5, 0.6) is 11.5 Å². The summed E-state index contributed by atoms with van der Waals surface area (Å²) < 4.78 is 11.1. The quantitative estimate of drug-likeness (QED) is 0.382. The van der Waals surface area contributed by atoms with Crippen molar-refractivity contribution < 1.29 is 23.9 Å². The number of carbonyl (C=O) groups is 3. The van der Waals surface area contributed by atoms with Crippen molar-refractivity contribution in [2.75, 3.05) is 24.4 Å². The molecule has 0 bridgehead atoms. The maximum atomic E-state index is 15.0. The second-order valence-corrected chi connectivity index (χ2v) is 12.2. The summed E-state index contributed by atoms with van der Waals surface area (Å²) in [4.78, 5) is 45.9. The molecular weight excluding hydrogens is 540 g/mol. The number of ether oxygens (including phenoxy) is 2. The van der Waals surface area contributed by atoms with E-state index in [1.165, 1.54) is 14.2 Å². The van der Waals surface area contributed by atoms with Gasteiger partial charge in [0.05, 0.1) is 31.7 Å². The maximum Gasteiger partial charge on any atom is 0.238 e. The molecule has 0 aromatic heterocycles. The van der Waals surface area contributed by atoms with Gasteiger partial charge in [-0.25, -0.2) is 0 Å². The lowest BCUT2D eigenvalue weighted by Crippen LogP contribution is -2.51. The number of hydrogen-bond acceptors (Lipinski definition) is 6. The van der Waals surface area contributed by atoms with Crippen LogP contribution in [-0.4, -0.2) is 43.8 Å². The molecule has 3 aromatic carbocycles. The molecule has 1 fully saturated rings. The van der Waals surface area contributed by atoms with E-state index in [9.17, 15) is 9.59 Å². The van der Waals surface area contributed by atoms with Crippen molar-refractivity contribution in [2.24, 2.45) is 11.3 Å². The molecule has 0 aliphatic carbocycles. The van der Waals surface area contributed by atoms with Crippen LogP contribution in [0.3, 0.4) is 0 Å². The van der Waals surface area contributed by atoms with Gasteiger partial charge in [0.25, 0.3) is 0 Å². The number of nitrogens with one attached hydrogen (secondary N) is 1. The zero-order valence-electron chi connectivity index (χ0n) is 23.5. The van der Waals surface area contributed by atoms with Gasteiger partial charge < -0.3 is 19.7 Å². The standard InChI is InChI=1S/C33H31ClN2O5/c1-32(2,3)30(38)28-27(29(37)21-17-20(40-4)12-14-25(21)41-5)33(22-8-6-7-9-23(22)35-31(33)39)26-15-10-18-16-19(34)11-13-24(18)36(26)28/h6-17,26-28H,1-5H3,(H,35,39)/t26-,27+,28+,33-/m1/s1. The van der Waals surface area contributed by atoms with Gasteiger partial charge in [-0.05, 0) is 53.6 Å². The maximum absolute atomic E-state index is 15.0. The molecule has 210 valence electrons. The fourth-order valence-electron chi connectivity index (χ4n) is 6.77. The van der Waals surface area contributed by atoms with Gasteiger partial charge in [-0.2, -0.15) is 0 Å². The Bertz CT molecular complexity index is 1640. The summed E-state index contributed by atoms with van der Waals surface area (Å²) >= 11 is 6.36. The molecule has 8 heteroatoms. The van der Waals surface area contributed by atoms with Gasteiger partial charge in [-0.15, -0.1) is 0 Å². The van der Waals surface area contributed by atoms with Gasteiger partial charge in [0.1, 0.15) is 23.0 Å². The lowest BCUT2D eigenvalue weighted by Gasteiger charge is -2.38. The second-order valence-electron chi connectivity index (χ2n) is 11.8. The Morgan fingerprint density at radius 3 is 2.46 bits per heavy atom. The van der Waals surface area contributed by atoms with Gasteiger partial charge >= 0.3 is 0 Å². The Kier molecular flexibility index (Phi) is 6.27. The first-order valence-electron chi connectivity index (χ1n) is 13.5. The molecule has 1 amide bonds. The van der Waals surface area contributed by atoms with Crippen LogP contribution in [0.15, 0.2) is 66.7 Å². The molecular formula is C33H31ClN2O5. The van der Waals surface area contributed by atoms with E-state index in [4.69, 9.17) is 21.1 Å². The topological polar surface area (TPSA) is 84.9 Å². The van der Waals surface area contributed by atoms with E-state index < -0.39 is 28.8 Å². The van der Waals surface area contributed by atoms with Crippen molar-refractivity contribution in [3.8, 4) is 11.5 Å². The van der Waals surface area contributed by atoms with Gasteiger partial charge in [-0.1, -0.05) is 62.7 Å². The van der Waals surface area contributed by atoms with E-state index in [0.717, 1.165) is 11.3 Å². The highest BCUT2D eigenvalue weighted by molar-refractivity contribution is 6.31. The second kappa shape index (κ2) is 9.48. The predicted octanol–water partition coefficient (Wildman–Crippen LogP) is 5.95. The Balaban J connectivity index is 1.70. The lowest BCUT2D eigenvalue weighted by molar-refractivity contribution is -0.128. The number of anilines is 2. The van der Waals surface area contributed by atoms with Crippen LogP contribution >= 0.6 is 11.6 Å². The minimum absolute atomic E-state index is 0.145. The van der Waals surface area contributed by atoms with Crippen molar-refractivity contribution in [2.45, 2.75) is 38.3 Å². The van der Waals surface area contributed by atoms with Gasteiger partial charge in [0.15, 0.2) is 11.6 Å². The predicted molar refractivity (Wildman–Crippen MR) is 159 cm³/mol. The van der Waals surface area contributed by atoms with Crippen molar-refractivity contribution in [3.63, 3.8) is 0 Å². The fourth-order valence-corrected chi connectivity index (χ4v) is 6.95. The largest absolute Gasteiger partial charge is 0.497 e. The van der Waals surface area contributed by atoms with Crippen molar-refractivity contribution in [1.82, 2.24) is 0 Å². The summed E-state index contributed by atoms with van der Waals surface area (Å²) in [6, 6.07) is 16.3. The molecule has 7 nitrogen and oxygen atoms in total. The number of benzene rings is 3. The number of fused-ring (bicyclic) bond motifs is 6. The number of nitrogens with zero attached hydrogens (tertiary/aromatic N) is 1. The number of rotatable bonds is 5. The highest BCUT2D eigenvalue weighted by Crippen LogP contribution is 2.59. The van der Waals surface area contributed by atoms with Crippen LogP contribution in [0.25, 0.3) is 6.08 Å². The highest BCUT2D eigenvalue weighted by atomic mass is 35.5. The van der Waals surface area contributed by atoms with Crippen molar-refractivity contribution in [3.05, 3.63) is 88.5 Å². The van der Waals surface area contributed by atoms with E-state index >= 15 is 4.79 Å². The number of ketones is 2. The summed E-state index contributed by atoms with van der Waals surface area (Å²) in [6.45, 7) is 5.52. The van der Waals surface area contributed by atoms with Gasteiger partial charge in [-0.3, -0.25) is 14.4 Å². The third-order valence-corrected chi connectivity index (χ3v) is 8.79. The van der Waals surface area contributed by atoms with Crippen LogP contribution in [-0.2, 0) is 15.0 Å². The minimum Gasteiger partial charge on any atom is -0.497 e. The van der Waals surface area contributed by atoms with Gasteiger partial charge in [0, 0.05) is 21.8 Å². The number of methoxy groups -OCH3 is 2. The van der Waals surface area contributed by atoms with Crippen molar-refractivity contribution >= 4 is 46.5 Å². The van der Waals surface area contributed by atoms with E-state index in [2.05, 4.69) is 5.32 Å². The van der Waals surface area contributed by atoms with E-state index in [-0.39, 0.29) is 23.0 Å². The molecule has 6 rings (SSSR count). The smallest absolute Gasteiger partial charge is 0.238 e.